The summed E-state index contributed by atoms with van der Waals surface area (Å²) < 4.78 is 5.47. The van der Waals surface area contributed by atoms with Gasteiger partial charge in [0.1, 0.15) is 15.6 Å². The van der Waals surface area contributed by atoms with Crippen LogP contribution < -0.4 is 20.7 Å². The highest BCUT2D eigenvalue weighted by molar-refractivity contribution is 7.19. The van der Waals surface area contributed by atoms with E-state index in [1.165, 1.54) is 37.0 Å². The fourth-order valence-corrected chi connectivity index (χ4v) is 3.74. The maximum atomic E-state index is 12.2. The zero-order valence-corrected chi connectivity index (χ0v) is 13.7. The molecule has 3 N–H and O–H groups in total. The minimum absolute atomic E-state index is 0.0984. The number of hydrogen-bond acceptors (Lipinski definition) is 5. The highest BCUT2D eigenvalue weighted by Crippen LogP contribution is 2.45. The molecule has 0 atom stereocenters. The van der Waals surface area contributed by atoms with E-state index in [-0.39, 0.29) is 5.91 Å². The van der Waals surface area contributed by atoms with Crippen molar-refractivity contribution in [3.05, 3.63) is 4.88 Å². The molecule has 118 valence electrons. The normalized spacial score (nSPS) is 15.6. The molecule has 1 aliphatic heterocycles. The Kier molecular flexibility index (Phi) is 5.73. The standard InChI is InChI=1S/C15H25N3O2S/c1-3-8-17-14(19)13-11(16)12(20-2)15(21-13)18-9-6-4-5-7-10-18/h3-10,16H2,1-2H3,(H,17,19). The Hall–Kier alpha value is -1.43. The van der Waals surface area contributed by atoms with Gasteiger partial charge in [-0.25, -0.2) is 0 Å². The summed E-state index contributed by atoms with van der Waals surface area (Å²) in [7, 11) is 1.62. The van der Waals surface area contributed by atoms with Gasteiger partial charge in [0.15, 0.2) is 5.75 Å². The molecule has 0 radical (unpaired) electrons. The first kappa shape index (κ1) is 15.9. The summed E-state index contributed by atoms with van der Waals surface area (Å²) in [6, 6.07) is 0. The average molecular weight is 311 g/mol. The summed E-state index contributed by atoms with van der Waals surface area (Å²) in [5, 5.41) is 3.89. The van der Waals surface area contributed by atoms with Crippen LogP contribution in [0, 0.1) is 0 Å². The zero-order chi connectivity index (χ0) is 15.2. The van der Waals surface area contributed by atoms with E-state index in [4.69, 9.17) is 10.5 Å². The topological polar surface area (TPSA) is 67.6 Å². The van der Waals surface area contributed by atoms with Crippen molar-refractivity contribution in [1.29, 1.82) is 0 Å². The highest BCUT2D eigenvalue weighted by atomic mass is 32.1. The summed E-state index contributed by atoms with van der Waals surface area (Å²) >= 11 is 1.45. The number of methoxy groups -OCH3 is 1. The van der Waals surface area contributed by atoms with Gasteiger partial charge in [0, 0.05) is 19.6 Å². The van der Waals surface area contributed by atoms with Crippen molar-refractivity contribution in [2.45, 2.75) is 39.0 Å². The van der Waals surface area contributed by atoms with Crippen LogP contribution in [-0.2, 0) is 0 Å². The molecular formula is C15H25N3O2S. The predicted molar refractivity (Wildman–Crippen MR) is 88.6 cm³/mol. The van der Waals surface area contributed by atoms with Gasteiger partial charge in [-0.15, -0.1) is 11.3 Å². The number of nitrogens with one attached hydrogen (secondary N) is 1. The van der Waals surface area contributed by atoms with E-state index in [1.54, 1.807) is 7.11 Å². The van der Waals surface area contributed by atoms with Crippen LogP contribution in [0.3, 0.4) is 0 Å². The molecule has 0 spiro atoms. The molecule has 6 heteroatoms. The van der Waals surface area contributed by atoms with E-state index in [9.17, 15) is 4.79 Å². The largest absolute Gasteiger partial charge is 0.492 e. The molecule has 1 amide bonds. The third kappa shape index (κ3) is 3.61. The number of anilines is 2. The Morgan fingerprint density at radius 3 is 2.57 bits per heavy atom. The number of hydrogen-bond donors (Lipinski definition) is 2. The van der Waals surface area contributed by atoms with Gasteiger partial charge in [-0.05, 0) is 19.3 Å². The minimum Gasteiger partial charge on any atom is -0.492 e. The quantitative estimate of drug-likeness (QED) is 0.877. The van der Waals surface area contributed by atoms with Gasteiger partial charge in [-0.2, -0.15) is 0 Å². The molecule has 1 aromatic heterocycles. The van der Waals surface area contributed by atoms with Gasteiger partial charge in [0.2, 0.25) is 0 Å². The fraction of sp³-hybridized carbons (Fsp3) is 0.667. The number of nitrogens with zero attached hydrogens (tertiary/aromatic N) is 1. The van der Waals surface area contributed by atoms with E-state index in [0.717, 1.165) is 24.5 Å². The molecule has 1 saturated heterocycles. The summed E-state index contributed by atoms with van der Waals surface area (Å²) in [6.45, 7) is 4.71. The van der Waals surface area contributed by atoms with Crippen LogP contribution in [0.1, 0.15) is 48.7 Å². The summed E-state index contributed by atoms with van der Waals surface area (Å²) in [5.74, 6) is 0.558. The number of thiophene rings is 1. The molecule has 2 heterocycles. The molecular weight excluding hydrogens is 286 g/mol. The number of ether oxygens (including phenoxy) is 1. The Balaban J connectivity index is 2.26. The maximum absolute atomic E-state index is 12.2. The summed E-state index contributed by atoms with van der Waals surface area (Å²) in [5.41, 5.74) is 6.60. The molecule has 21 heavy (non-hydrogen) atoms. The van der Waals surface area contributed by atoms with Gasteiger partial charge in [0.25, 0.3) is 5.91 Å². The van der Waals surface area contributed by atoms with Gasteiger partial charge in [-0.1, -0.05) is 19.8 Å². The van der Waals surface area contributed by atoms with Crippen LogP contribution in [0.15, 0.2) is 0 Å². The SMILES string of the molecule is CCCNC(=O)c1sc(N2CCCCCC2)c(OC)c1N. The van der Waals surface area contributed by atoms with Crippen molar-refractivity contribution in [3.8, 4) is 5.75 Å². The number of nitrogens with two attached hydrogens (primary N) is 1. The van der Waals surface area contributed by atoms with Gasteiger partial charge >= 0.3 is 0 Å². The van der Waals surface area contributed by atoms with Crippen molar-refractivity contribution in [3.63, 3.8) is 0 Å². The molecule has 0 aromatic carbocycles. The van der Waals surface area contributed by atoms with Crippen LogP contribution in [-0.4, -0.2) is 32.7 Å². The van der Waals surface area contributed by atoms with Crippen LogP contribution in [0.25, 0.3) is 0 Å². The Labute approximate surface area is 130 Å². The van der Waals surface area contributed by atoms with E-state index in [1.807, 2.05) is 6.92 Å². The highest BCUT2D eigenvalue weighted by Gasteiger charge is 2.25. The molecule has 1 aromatic rings. The van der Waals surface area contributed by atoms with Crippen molar-refractivity contribution >= 4 is 27.9 Å². The molecule has 0 aliphatic carbocycles. The molecule has 0 bridgehead atoms. The molecule has 0 saturated carbocycles. The van der Waals surface area contributed by atoms with Crippen molar-refractivity contribution < 1.29 is 9.53 Å². The van der Waals surface area contributed by atoms with Crippen LogP contribution in [0.4, 0.5) is 10.7 Å². The lowest BCUT2D eigenvalue weighted by atomic mass is 10.2. The number of carbonyl (C=O) groups excluding carboxylic acids is 1. The first-order valence-corrected chi connectivity index (χ1v) is 8.50. The minimum atomic E-state index is -0.0984. The third-order valence-corrected chi connectivity index (χ3v) is 4.97. The number of nitrogen functional groups attached to an aromatic ring is 1. The van der Waals surface area contributed by atoms with E-state index >= 15 is 0 Å². The van der Waals surface area contributed by atoms with Crippen molar-refractivity contribution in [1.82, 2.24) is 5.32 Å². The fourth-order valence-electron chi connectivity index (χ4n) is 2.58. The smallest absolute Gasteiger partial charge is 0.263 e. The van der Waals surface area contributed by atoms with Gasteiger partial charge in [-0.3, -0.25) is 4.79 Å². The lowest BCUT2D eigenvalue weighted by Crippen LogP contribution is -2.24. The Morgan fingerprint density at radius 2 is 2.00 bits per heavy atom. The molecule has 5 nitrogen and oxygen atoms in total. The first-order valence-electron chi connectivity index (χ1n) is 7.68. The molecule has 0 unspecified atom stereocenters. The second-order valence-electron chi connectivity index (χ2n) is 5.34. The third-order valence-electron chi connectivity index (χ3n) is 3.72. The van der Waals surface area contributed by atoms with Crippen molar-refractivity contribution in [2.24, 2.45) is 0 Å². The summed E-state index contributed by atoms with van der Waals surface area (Å²) in [4.78, 5) is 15.1. The average Bonchev–Trinajstić information content (AvgIpc) is 2.68. The lowest BCUT2D eigenvalue weighted by Gasteiger charge is -2.21. The van der Waals surface area contributed by atoms with Crippen LogP contribution in [0.5, 0.6) is 5.75 Å². The molecule has 2 rings (SSSR count). The van der Waals surface area contributed by atoms with Gasteiger partial charge < -0.3 is 20.7 Å². The predicted octanol–water partition coefficient (Wildman–Crippen LogP) is 2.86. The Bertz CT molecular complexity index is 480. The molecule has 1 aliphatic rings. The zero-order valence-electron chi connectivity index (χ0n) is 12.9. The van der Waals surface area contributed by atoms with E-state index in [2.05, 4.69) is 10.2 Å². The van der Waals surface area contributed by atoms with Crippen LogP contribution in [0.2, 0.25) is 0 Å². The Morgan fingerprint density at radius 1 is 1.33 bits per heavy atom. The second-order valence-corrected chi connectivity index (χ2v) is 6.34. The summed E-state index contributed by atoms with van der Waals surface area (Å²) in [6.07, 6.45) is 5.80. The lowest BCUT2D eigenvalue weighted by molar-refractivity contribution is 0.0958. The van der Waals surface area contributed by atoms with Gasteiger partial charge in [0.05, 0.1) is 7.11 Å². The first-order chi connectivity index (χ1) is 10.2. The number of rotatable bonds is 5. The number of carbonyl (C=O) groups is 1. The van der Waals surface area contributed by atoms with E-state index < -0.39 is 0 Å². The van der Waals surface area contributed by atoms with Crippen LogP contribution >= 0.6 is 11.3 Å². The van der Waals surface area contributed by atoms with Crippen molar-refractivity contribution in [2.75, 3.05) is 37.4 Å². The van der Waals surface area contributed by atoms with E-state index in [0.29, 0.717) is 22.9 Å². The molecule has 1 fully saturated rings. The second kappa shape index (κ2) is 7.54. The number of amides is 1. The monoisotopic (exact) mass is 311 g/mol. The maximum Gasteiger partial charge on any atom is 0.263 e.